The second-order valence-electron chi connectivity index (χ2n) is 6.27. The van der Waals surface area contributed by atoms with Crippen molar-refractivity contribution in [3.05, 3.63) is 35.9 Å². The monoisotopic (exact) mass is 319 g/mol. The normalized spacial score (nSPS) is 19.1. The number of primary amides is 1. The zero-order chi connectivity index (χ0) is 17.0. The predicted octanol–water partition coefficient (Wildman–Crippen LogP) is 0.374. The molecule has 126 valence electrons. The summed E-state index contributed by atoms with van der Waals surface area (Å²) in [5.41, 5.74) is 6.14. The summed E-state index contributed by atoms with van der Waals surface area (Å²) in [6.45, 7) is 1.29. The van der Waals surface area contributed by atoms with E-state index in [4.69, 9.17) is 5.73 Å². The van der Waals surface area contributed by atoms with Gasteiger partial charge in [-0.15, -0.1) is 0 Å². The minimum Gasteiger partial charge on any atom is -0.383 e. The SMILES string of the molecule is CN(C)C(=O)[C@H](c1ccccc1)N1CCC([C@@H](O)C(N)=O)CC1. The van der Waals surface area contributed by atoms with Crippen molar-refractivity contribution in [1.82, 2.24) is 9.80 Å². The Morgan fingerprint density at radius 2 is 1.78 bits per heavy atom. The second-order valence-corrected chi connectivity index (χ2v) is 6.27. The third kappa shape index (κ3) is 4.09. The van der Waals surface area contributed by atoms with Crippen molar-refractivity contribution in [2.45, 2.75) is 25.0 Å². The number of likely N-dealkylation sites (N-methyl/N-ethyl adjacent to an activating group) is 1. The molecule has 0 aliphatic carbocycles. The zero-order valence-corrected chi connectivity index (χ0v) is 13.7. The van der Waals surface area contributed by atoms with Gasteiger partial charge >= 0.3 is 0 Å². The number of aliphatic hydroxyl groups is 1. The van der Waals surface area contributed by atoms with Gasteiger partial charge in [0.25, 0.3) is 0 Å². The van der Waals surface area contributed by atoms with Gasteiger partial charge in [-0.2, -0.15) is 0 Å². The third-order valence-corrected chi connectivity index (χ3v) is 4.47. The number of piperidine rings is 1. The molecule has 1 aliphatic rings. The van der Waals surface area contributed by atoms with Crippen LogP contribution in [0.3, 0.4) is 0 Å². The summed E-state index contributed by atoms with van der Waals surface area (Å²) < 4.78 is 0. The van der Waals surface area contributed by atoms with Gasteiger partial charge in [0.2, 0.25) is 11.8 Å². The molecule has 6 nitrogen and oxygen atoms in total. The van der Waals surface area contributed by atoms with Crippen LogP contribution in [-0.2, 0) is 9.59 Å². The Morgan fingerprint density at radius 3 is 2.26 bits per heavy atom. The summed E-state index contributed by atoms with van der Waals surface area (Å²) in [6.07, 6.45) is 0.194. The lowest BCUT2D eigenvalue weighted by atomic mass is 9.89. The number of aliphatic hydroxyl groups excluding tert-OH is 1. The molecular weight excluding hydrogens is 294 g/mol. The lowest BCUT2D eigenvalue weighted by molar-refractivity contribution is -0.137. The number of hydrogen-bond donors (Lipinski definition) is 2. The average molecular weight is 319 g/mol. The number of rotatable bonds is 5. The lowest BCUT2D eigenvalue weighted by Gasteiger charge is -2.38. The van der Waals surface area contributed by atoms with Crippen LogP contribution in [0.15, 0.2) is 30.3 Å². The summed E-state index contributed by atoms with van der Waals surface area (Å²) in [5, 5.41) is 9.82. The van der Waals surface area contributed by atoms with Crippen molar-refractivity contribution in [2.75, 3.05) is 27.2 Å². The molecule has 3 N–H and O–H groups in total. The topological polar surface area (TPSA) is 86.9 Å². The maximum Gasteiger partial charge on any atom is 0.246 e. The minimum absolute atomic E-state index is 0.0325. The molecule has 1 heterocycles. The number of nitrogens with two attached hydrogens (primary N) is 1. The van der Waals surface area contributed by atoms with Crippen molar-refractivity contribution < 1.29 is 14.7 Å². The maximum atomic E-state index is 12.6. The van der Waals surface area contributed by atoms with E-state index in [0.717, 1.165) is 5.56 Å². The van der Waals surface area contributed by atoms with E-state index >= 15 is 0 Å². The summed E-state index contributed by atoms with van der Waals surface area (Å²) in [6, 6.07) is 9.35. The molecule has 1 aromatic carbocycles. The highest BCUT2D eigenvalue weighted by molar-refractivity contribution is 5.83. The van der Waals surface area contributed by atoms with Crippen molar-refractivity contribution >= 4 is 11.8 Å². The quantitative estimate of drug-likeness (QED) is 0.821. The first-order valence-electron chi connectivity index (χ1n) is 7.89. The molecule has 1 aromatic rings. The highest BCUT2D eigenvalue weighted by Gasteiger charge is 2.34. The van der Waals surface area contributed by atoms with Crippen LogP contribution in [0.4, 0.5) is 0 Å². The first-order valence-corrected chi connectivity index (χ1v) is 7.89. The van der Waals surface area contributed by atoms with E-state index in [1.54, 1.807) is 19.0 Å². The molecule has 1 fully saturated rings. The first-order chi connectivity index (χ1) is 10.9. The van der Waals surface area contributed by atoms with Gasteiger partial charge in [0, 0.05) is 14.1 Å². The Bertz CT molecular complexity index is 539. The van der Waals surface area contributed by atoms with Crippen LogP contribution in [-0.4, -0.2) is 60.0 Å². The fraction of sp³-hybridized carbons (Fsp3) is 0.529. The van der Waals surface area contributed by atoms with Gasteiger partial charge in [-0.25, -0.2) is 0 Å². The smallest absolute Gasteiger partial charge is 0.246 e. The Hall–Kier alpha value is -1.92. The molecule has 23 heavy (non-hydrogen) atoms. The Morgan fingerprint density at radius 1 is 1.22 bits per heavy atom. The number of carbonyl (C=O) groups excluding carboxylic acids is 2. The van der Waals surface area contributed by atoms with Gasteiger partial charge in [0.05, 0.1) is 0 Å². The van der Waals surface area contributed by atoms with Crippen LogP contribution in [0.25, 0.3) is 0 Å². The van der Waals surface area contributed by atoms with E-state index in [2.05, 4.69) is 4.90 Å². The Kier molecular flexibility index (Phi) is 5.74. The van der Waals surface area contributed by atoms with E-state index in [0.29, 0.717) is 25.9 Å². The highest BCUT2D eigenvalue weighted by Crippen LogP contribution is 2.29. The maximum absolute atomic E-state index is 12.6. The van der Waals surface area contributed by atoms with E-state index in [1.807, 2.05) is 30.3 Å². The van der Waals surface area contributed by atoms with E-state index in [1.165, 1.54) is 0 Å². The first kappa shape index (κ1) is 17.4. The number of benzene rings is 1. The predicted molar refractivity (Wildman–Crippen MR) is 87.4 cm³/mol. The summed E-state index contributed by atoms with van der Waals surface area (Å²) >= 11 is 0. The van der Waals surface area contributed by atoms with Gasteiger partial charge in [-0.05, 0) is 37.4 Å². The van der Waals surface area contributed by atoms with Crippen LogP contribution >= 0.6 is 0 Å². The average Bonchev–Trinajstić information content (AvgIpc) is 2.55. The summed E-state index contributed by atoms with van der Waals surface area (Å²) in [4.78, 5) is 27.5. The van der Waals surface area contributed by atoms with Crippen molar-refractivity contribution in [1.29, 1.82) is 0 Å². The van der Waals surface area contributed by atoms with Gasteiger partial charge in [0.15, 0.2) is 0 Å². The van der Waals surface area contributed by atoms with Crippen LogP contribution in [0, 0.1) is 5.92 Å². The van der Waals surface area contributed by atoms with E-state index in [-0.39, 0.29) is 17.9 Å². The Labute approximate surface area is 136 Å². The second kappa shape index (κ2) is 7.57. The number of likely N-dealkylation sites (tertiary alicyclic amines) is 1. The van der Waals surface area contributed by atoms with Crippen molar-refractivity contribution in [3.8, 4) is 0 Å². The molecule has 0 bridgehead atoms. The highest BCUT2D eigenvalue weighted by atomic mass is 16.3. The summed E-state index contributed by atoms with van der Waals surface area (Å²) in [5.74, 6) is -0.771. The summed E-state index contributed by atoms with van der Waals surface area (Å²) in [7, 11) is 3.50. The molecule has 2 rings (SSSR count). The molecule has 2 amide bonds. The number of carbonyl (C=O) groups is 2. The molecule has 0 radical (unpaired) electrons. The molecular formula is C17H25N3O3. The standard InChI is InChI=1S/C17H25N3O3/c1-19(2)17(23)14(12-6-4-3-5-7-12)20-10-8-13(9-11-20)15(21)16(18)22/h3-7,13-15,21H,8-11H2,1-2H3,(H2,18,22)/t14-,15+/m0/s1. The van der Waals surface area contributed by atoms with Gasteiger partial charge in [-0.1, -0.05) is 30.3 Å². The molecule has 1 saturated heterocycles. The zero-order valence-electron chi connectivity index (χ0n) is 13.7. The molecule has 6 heteroatoms. The van der Waals surface area contributed by atoms with Gasteiger partial charge in [0.1, 0.15) is 12.1 Å². The largest absolute Gasteiger partial charge is 0.383 e. The van der Waals surface area contributed by atoms with Crippen LogP contribution < -0.4 is 5.73 Å². The Balaban J connectivity index is 2.13. The van der Waals surface area contributed by atoms with E-state index in [9.17, 15) is 14.7 Å². The van der Waals surface area contributed by atoms with Crippen LogP contribution in [0.1, 0.15) is 24.4 Å². The van der Waals surface area contributed by atoms with Crippen LogP contribution in [0.5, 0.6) is 0 Å². The number of nitrogens with zero attached hydrogens (tertiary/aromatic N) is 2. The third-order valence-electron chi connectivity index (χ3n) is 4.47. The molecule has 0 unspecified atom stereocenters. The number of amides is 2. The van der Waals surface area contributed by atoms with Gasteiger partial charge in [-0.3, -0.25) is 14.5 Å². The molecule has 1 aliphatic heterocycles. The minimum atomic E-state index is -1.10. The lowest BCUT2D eigenvalue weighted by Crippen LogP contribution is -2.47. The van der Waals surface area contributed by atoms with Crippen molar-refractivity contribution in [3.63, 3.8) is 0 Å². The number of hydrogen-bond acceptors (Lipinski definition) is 4. The molecule has 2 atom stereocenters. The van der Waals surface area contributed by atoms with E-state index < -0.39 is 12.0 Å². The fourth-order valence-electron chi connectivity index (χ4n) is 3.12. The van der Waals surface area contributed by atoms with Crippen LogP contribution in [0.2, 0.25) is 0 Å². The fourth-order valence-corrected chi connectivity index (χ4v) is 3.12. The van der Waals surface area contributed by atoms with Gasteiger partial charge < -0.3 is 15.7 Å². The van der Waals surface area contributed by atoms with Crippen molar-refractivity contribution in [2.24, 2.45) is 11.7 Å². The molecule has 0 saturated carbocycles. The molecule has 0 spiro atoms. The molecule has 0 aromatic heterocycles.